The molecule has 2 heterocycles. The minimum absolute atomic E-state index is 0.338. The second-order valence-electron chi connectivity index (χ2n) is 8.61. The lowest BCUT2D eigenvalue weighted by molar-refractivity contribution is -0.131. The minimum Gasteiger partial charge on any atom is -0.379 e. The number of nitrogens with zero attached hydrogens (tertiary/aromatic N) is 2. The van der Waals surface area contributed by atoms with Crippen LogP contribution in [0, 0.1) is 0 Å². The molecule has 3 amide bonds. The van der Waals surface area contributed by atoms with Gasteiger partial charge in [0, 0.05) is 25.3 Å². The number of hydrogen-bond acceptors (Lipinski definition) is 7. The summed E-state index contributed by atoms with van der Waals surface area (Å²) in [5, 5.41) is 8.89. The van der Waals surface area contributed by atoms with Gasteiger partial charge in [0.05, 0.1) is 30.1 Å². The summed E-state index contributed by atoms with van der Waals surface area (Å²) in [7, 11) is 0. The van der Waals surface area contributed by atoms with E-state index >= 15 is 0 Å². The van der Waals surface area contributed by atoms with Crippen molar-refractivity contribution in [2.45, 2.75) is 18.0 Å². The van der Waals surface area contributed by atoms with E-state index in [0.29, 0.717) is 28.4 Å². The molecular formula is C25H29ClN6O4. The van der Waals surface area contributed by atoms with Gasteiger partial charge in [0.25, 0.3) is 11.8 Å². The van der Waals surface area contributed by atoms with Crippen LogP contribution in [0.15, 0.2) is 53.5 Å². The molecule has 2 atom stereocenters. The molecule has 1 fully saturated rings. The monoisotopic (exact) mass is 512 g/mol. The van der Waals surface area contributed by atoms with E-state index in [1.165, 1.54) is 6.34 Å². The van der Waals surface area contributed by atoms with Gasteiger partial charge in [-0.25, -0.2) is 0 Å². The van der Waals surface area contributed by atoms with Crippen LogP contribution in [-0.4, -0.2) is 74.4 Å². The highest BCUT2D eigenvalue weighted by molar-refractivity contribution is 6.34. The number of carbonyl (C=O) groups is 3. The third kappa shape index (κ3) is 5.51. The van der Waals surface area contributed by atoms with Crippen LogP contribution >= 0.6 is 11.6 Å². The summed E-state index contributed by atoms with van der Waals surface area (Å²) in [5.41, 5.74) is 5.54. The van der Waals surface area contributed by atoms with Gasteiger partial charge < -0.3 is 26.4 Å². The van der Waals surface area contributed by atoms with Crippen LogP contribution in [-0.2, 0) is 19.9 Å². The molecule has 0 saturated carbocycles. The third-order valence-electron chi connectivity index (χ3n) is 6.33. The van der Waals surface area contributed by atoms with Crippen LogP contribution in [0.25, 0.3) is 0 Å². The number of carbonyl (C=O) groups excluding carboxylic acids is 3. The van der Waals surface area contributed by atoms with Gasteiger partial charge in [-0.3, -0.25) is 24.3 Å². The number of rotatable bonds is 9. The van der Waals surface area contributed by atoms with Crippen molar-refractivity contribution in [2.24, 2.45) is 10.7 Å². The molecule has 5 N–H and O–H groups in total. The molecule has 1 saturated heterocycles. The van der Waals surface area contributed by atoms with Gasteiger partial charge in [-0.05, 0) is 42.8 Å². The standard InChI is InChI=1S/C25H29ClN6O4/c26-20-5-2-1-4-19(20)22(33)31-18-8-6-17(7-9-18)25(24(27)35)21(29-16-30-25)23(34)28-10-3-11-32-12-14-36-15-13-32/h1-2,4-9,16,21H,3,10-15H2,(H2,27,35)(H,28,34)(H,29,30)(H,31,33). The smallest absolute Gasteiger partial charge is 0.257 e. The zero-order chi connectivity index (χ0) is 25.5. The number of halogens is 1. The molecule has 36 heavy (non-hydrogen) atoms. The fourth-order valence-corrected chi connectivity index (χ4v) is 4.58. The van der Waals surface area contributed by atoms with Crippen molar-refractivity contribution in [1.82, 2.24) is 15.5 Å². The SMILES string of the molecule is NC(=O)C1(c2ccc(NC(=O)c3ccccc3Cl)cc2)NC=NC1C(=O)NCCCN1CCOCC1. The largest absolute Gasteiger partial charge is 0.379 e. The number of hydrogen-bond donors (Lipinski definition) is 4. The molecule has 4 rings (SSSR count). The van der Waals surface area contributed by atoms with Crippen molar-refractivity contribution in [2.75, 3.05) is 44.7 Å². The fourth-order valence-electron chi connectivity index (χ4n) is 4.35. The van der Waals surface area contributed by atoms with Crippen molar-refractivity contribution in [3.63, 3.8) is 0 Å². The van der Waals surface area contributed by atoms with Crippen molar-refractivity contribution < 1.29 is 19.1 Å². The third-order valence-corrected chi connectivity index (χ3v) is 6.66. The van der Waals surface area contributed by atoms with Gasteiger partial charge in [0.15, 0.2) is 11.6 Å². The van der Waals surface area contributed by atoms with Crippen LogP contribution in [0.3, 0.4) is 0 Å². The fraction of sp³-hybridized carbons (Fsp3) is 0.360. The number of amides is 3. The van der Waals surface area contributed by atoms with Crippen molar-refractivity contribution in [1.29, 1.82) is 0 Å². The molecule has 10 nitrogen and oxygen atoms in total. The first kappa shape index (κ1) is 25.6. The number of nitrogens with one attached hydrogen (secondary N) is 3. The van der Waals surface area contributed by atoms with Crippen LogP contribution in [0.2, 0.25) is 5.02 Å². The molecule has 2 aliphatic rings. The first-order chi connectivity index (χ1) is 17.4. The average molecular weight is 513 g/mol. The van der Waals surface area contributed by atoms with E-state index < -0.39 is 23.4 Å². The Hall–Kier alpha value is -3.47. The highest BCUT2D eigenvalue weighted by Gasteiger charge is 2.52. The molecule has 0 aromatic heterocycles. The van der Waals surface area contributed by atoms with Crippen molar-refractivity contribution in [3.05, 3.63) is 64.7 Å². The molecule has 0 aliphatic carbocycles. The average Bonchev–Trinajstić information content (AvgIpc) is 3.34. The van der Waals surface area contributed by atoms with E-state index in [1.54, 1.807) is 48.5 Å². The van der Waals surface area contributed by atoms with Gasteiger partial charge in [0.2, 0.25) is 5.91 Å². The predicted molar refractivity (Wildman–Crippen MR) is 137 cm³/mol. The Morgan fingerprint density at radius 2 is 1.86 bits per heavy atom. The van der Waals surface area contributed by atoms with E-state index in [4.69, 9.17) is 22.1 Å². The van der Waals surface area contributed by atoms with Crippen LogP contribution in [0.5, 0.6) is 0 Å². The molecule has 2 aliphatic heterocycles. The molecule has 0 bridgehead atoms. The lowest BCUT2D eigenvalue weighted by atomic mass is 9.82. The van der Waals surface area contributed by atoms with Gasteiger partial charge in [0.1, 0.15) is 0 Å². The van der Waals surface area contributed by atoms with Gasteiger partial charge >= 0.3 is 0 Å². The van der Waals surface area contributed by atoms with Crippen LogP contribution < -0.4 is 21.7 Å². The molecule has 11 heteroatoms. The van der Waals surface area contributed by atoms with Crippen molar-refractivity contribution >= 4 is 41.3 Å². The molecule has 190 valence electrons. The molecule has 2 aromatic carbocycles. The lowest BCUT2D eigenvalue weighted by Gasteiger charge is -2.31. The summed E-state index contributed by atoms with van der Waals surface area (Å²) in [6.45, 7) is 4.49. The second kappa shape index (κ2) is 11.5. The maximum Gasteiger partial charge on any atom is 0.257 e. The molecule has 2 unspecified atom stereocenters. The van der Waals surface area contributed by atoms with Gasteiger partial charge in [-0.15, -0.1) is 0 Å². The predicted octanol–water partition coefficient (Wildman–Crippen LogP) is 1.11. The highest BCUT2D eigenvalue weighted by Crippen LogP contribution is 2.31. The molecular weight excluding hydrogens is 484 g/mol. The zero-order valence-electron chi connectivity index (χ0n) is 19.7. The minimum atomic E-state index is -1.54. The molecule has 2 aromatic rings. The van der Waals surface area contributed by atoms with E-state index in [0.717, 1.165) is 39.3 Å². The summed E-state index contributed by atoms with van der Waals surface area (Å²) in [6, 6.07) is 12.2. The summed E-state index contributed by atoms with van der Waals surface area (Å²) >= 11 is 6.10. The van der Waals surface area contributed by atoms with Crippen LogP contribution in [0.1, 0.15) is 22.3 Å². The van der Waals surface area contributed by atoms with E-state index in [9.17, 15) is 14.4 Å². The van der Waals surface area contributed by atoms with E-state index in [-0.39, 0.29) is 5.91 Å². The Balaban J connectivity index is 1.41. The summed E-state index contributed by atoms with van der Waals surface area (Å²) in [6.07, 6.45) is 2.09. The van der Waals surface area contributed by atoms with Crippen molar-refractivity contribution in [3.8, 4) is 0 Å². The maximum absolute atomic E-state index is 13.0. The Morgan fingerprint density at radius 1 is 1.14 bits per heavy atom. The highest BCUT2D eigenvalue weighted by atomic mass is 35.5. The van der Waals surface area contributed by atoms with E-state index in [2.05, 4.69) is 25.8 Å². The Labute approximate surface area is 214 Å². The second-order valence-corrected chi connectivity index (χ2v) is 9.01. The Kier molecular flexibility index (Phi) is 8.19. The maximum atomic E-state index is 13.0. The lowest BCUT2D eigenvalue weighted by Crippen LogP contribution is -2.60. The topological polar surface area (TPSA) is 138 Å². The van der Waals surface area contributed by atoms with Crippen LogP contribution in [0.4, 0.5) is 5.69 Å². The molecule has 0 radical (unpaired) electrons. The first-order valence-corrected chi connectivity index (χ1v) is 12.1. The number of morpholine rings is 1. The summed E-state index contributed by atoms with van der Waals surface area (Å²) in [5.74, 6) is -1.50. The summed E-state index contributed by atoms with van der Waals surface area (Å²) < 4.78 is 5.35. The Bertz CT molecular complexity index is 1140. The number of aliphatic imine (C=N–C) groups is 1. The number of primary amides is 1. The van der Waals surface area contributed by atoms with Gasteiger partial charge in [-0.2, -0.15) is 0 Å². The number of benzene rings is 2. The number of ether oxygens (including phenoxy) is 1. The number of nitrogens with two attached hydrogens (primary N) is 1. The van der Waals surface area contributed by atoms with Gasteiger partial charge in [-0.1, -0.05) is 35.9 Å². The Morgan fingerprint density at radius 3 is 2.56 bits per heavy atom. The quantitative estimate of drug-likeness (QED) is 0.371. The zero-order valence-corrected chi connectivity index (χ0v) is 20.5. The summed E-state index contributed by atoms with van der Waals surface area (Å²) in [4.78, 5) is 44.7. The number of anilines is 1. The normalized spacial score (nSPS) is 21.5. The van der Waals surface area contributed by atoms with E-state index in [1.807, 2.05) is 0 Å². The molecule has 0 spiro atoms. The first-order valence-electron chi connectivity index (χ1n) is 11.8.